The number of nitrogens with zero attached hydrogens (tertiary/aromatic N) is 2. The molecule has 7 heteroatoms. The molecule has 2 aromatic heterocycles. The molecule has 0 radical (unpaired) electrons. The van der Waals surface area contributed by atoms with E-state index in [2.05, 4.69) is 58.7 Å². The Morgan fingerprint density at radius 3 is 2.68 bits per heavy atom. The first-order valence-corrected chi connectivity index (χ1v) is 15.0. The van der Waals surface area contributed by atoms with Gasteiger partial charge in [0.25, 0.3) is 0 Å². The molecule has 0 fully saturated rings. The molecule has 1 N–H and O–H groups in total. The van der Waals surface area contributed by atoms with Crippen molar-refractivity contribution in [1.82, 2.24) is 9.47 Å². The van der Waals surface area contributed by atoms with E-state index in [-0.39, 0.29) is 12.1 Å². The fourth-order valence-electron chi connectivity index (χ4n) is 5.56. The van der Waals surface area contributed by atoms with Gasteiger partial charge in [-0.15, -0.1) is 23.1 Å². The fraction of sp³-hybridized carbons (Fsp3) is 0.300. The molecule has 0 saturated carbocycles. The van der Waals surface area contributed by atoms with Gasteiger partial charge >= 0.3 is 6.03 Å². The number of fused-ring (bicyclic) bond motifs is 5. The number of anilines is 1. The maximum absolute atomic E-state index is 14.2. The van der Waals surface area contributed by atoms with Gasteiger partial charge in [-0.3, -0.25) is 0 Å². The number of aryl methyl sites for hydroxylation is 1. The molecule has 37 heavy (non-hydrogen) atoms. The van der Waals surface area contributed by atoms with Crippen molar-refractivity contribution in [2.24, 2.45) is 0 Å². The lowest BCUT2D eigenvalue weighted by Crippen LogP contribution is -2.38. The fourth-order valence-corrected chi connectivity index (χ4v) is 7.37. The molecular weight excluding hydrogens is 498 g/mol. The minimum absolute atomic E-state index is 0.123. The monoisotopic (exact) mass is 529 g/mol. The Balaban J connectivity index is 1.47. The Morgan fingerprint density at radius 2 is 1.86 bits per heavy atom. The number of urea groups is 1. The van der Waals surface area contributed by atoms with Crippen LogP contribution in [0.1, 0.15) is 53.1 Å². The molecule has 190 valence electrons. The summed E-state index contributed by atoms with van der Waals surface area (Å²) in [5.74, 6) is 0.686. The van der Waals surface area contributed by atoms with Crippen LogP contribution in [0.15, 0.2) is 71.8 Å². The molecule has 1 aliphatic carbocycles. The van der Waals surface area contributed by atoms with Crippen LogP contribution in [0.3, 0.4) is 0 Å². The van der Waals surface area contributed by atoms with Crippen molar-refractivity contribution >= 4 is 34.8 Å². The molecule has 2 aliphatic rings. The second kappa shape index (κ2) is 10.3. The van der Waals surface area contributed by atoms with E-state index in [9.17, 15) is 4.79 Å². The van der Waals surface area contributed by atoms with Crippen LogP contribution in [0.25, 0.3) is 5.00 Å². The van der Waals surface area contributed by atoms with E-state index >= 15 is 0 Å². The van der Waals surface area contributed by atoms with E-state index in [0.29, 0.717) is 24.6 Å². The molecule has 5 nitrogen and oxygen atoms in total. The van der Waals surface area contributed by atoms with Crippen molar-refractivity contribution in [3.8, 4) is 10.8 Å². The predicted octanol–water partition coefficient (Wildman–Crippen LogP) is 7.68. The molecule has 4 aromatic rings. The van der Waals surface area contributed by atoms with E-state index in [1.54, 1.807) is 11.8 Å². The van der Waals surface area contributed by atoms with Crippen molar-refractivity contribution in [2.75, 3.05) is 18.2 Å². The molecule has 6 rings (SSSR count). The number of aromatic nitrogens is 1. The zero-order valence-corrected chi connectivity index (χ0v) is 22.8. The van der Waals surface area contributed by atoms with Gasteiger partial charge in [-0.25, -0.2) is 4.79 Å². The third kappa shape index (κ3) is 4.44. The summed E-state index contributed by atoms with van der Waals surface area (Å²) in [6, 6.07) is 20.2. The summed E-state index contributed by atoms with van der Waals surface area (Å²) >= 11 is 3.64. The van der Waals surface area contributed by atoms with E-state index in [1.807, 2.05) is 47.4 Å². The number of carbonyl (C=O) groups excluding carboxylic acids is 1. The summed E-state index contributed by atoms with van der Waals surface area (Å²) in [5, 5.41) is 4.46. The highest BCUT2D eigenvalue weighted by atomic mass is 32.2. The summed E-state index contributed by atoms with van der Waals surface area (Å²) in [4.78, 5) is 18.9. The number of benzene rings is 2. The van der Waals surface area contributed by atoms with E-state index in [0.717, 1.165) is 24.1 Å². The average molecular weight is 530 g/mol. The van der Waals surface area contributed by atoms with Gasteiger partial charge in [0.05, 0.1) is 30.6 Å². The largest absolute Gasteiger partial charge is 0.492 e. The van der Waals surface area contributed by atoms with Crippen molar-refractivity contribution < 1.29 is 9.53 Å². The molecular formula is C30H31N3O2S2. The number of rotatable bonds is 5. The van der Waals surface area contributed by atoms with Gasteiger partial charge < -0.3 is 19.5 Å². The van der Waals surface area contributed by atoms with Gasteiger partial charge in [-0.1, -0.05) is 24.3 Å². The van der Waals surface area contributed by atoms with Crippen LogP contribution in [-0.2, 0) is 19.4 Å². The number of para-hydroxylation sites is 2. The number of thioether (sulfide) groups is 1. The summed E-state index contributed by atoms with van der Waals surface area (Å²) in [5.41, 5.74) is 5.67. The summed E-state index contributed by atoms with van der Waals surface area (Å²) in [7, 11) is 0. The average Bonchev–Trinajstić information content (AvgIpc) is 3.52. The Labute approximate surface area is 226 Å². The second-order valence-corrected chi connectivity index (χ2v) is 11.4. The number of carbonyl (C=O) groups is 1. The quantitative estimate of drug-likeness (QED) is 0.270. The molecule has 1 atom stereocenters. The van der Waals surface area contributed by atoms with Gasteiger partial charge in [-0.2, -0.15) is 0 Å². The molecule has 0 saturated heterocycles. The smallest absolute Gasteiger partial charge is 0.323 e. The van der Waals surface area contributed by atoms with Crippen LogP contribution in [0.5, 0.6) is 5.75 Å². The summed E-state index contributed by atoms with van der Waals surface area (Å²) in [6.45, 7) is 3.07. The van der Waals surface area contributed by atoms with Crippen molar-refractivity contribution in [1.29, 1.82) is 0 Å². The number of thiophene rings is 1. The SMILES string of the molecule is CCOc1ccccc1NC(=O)N1Cc2c(sc3c2CCCC3)-n2cccc2[C@@H]1c1ccc(SC)cc1. The normalized spacial score (nSPS) is 16.4. The summed E-state index contributed by atoms with van der Waals surface area (Å²) in [6.07, 6.45) is 8.92. The van der Waals surface area contributed by atoms with E-state index < -0.39 is 0 Å². The molecule has 2 amide bonds. The molecule has 0 spiro atoms. The lowest BCUT2D eigenvalue weighted by atomic mass is 9.95. The zero-order valence-electron chi connectivity index (χ0n) is 21.2. The topological polar surface area (TPSA) is 46.5 Å². The third-order valence-electron chi connectivity index (χ3n) is 7.30. The lowest BCUT2D eigenvalue weighted by molar-refractivity contribution is 0.194. The second-order valence-electron chi connectivity index (χ2n) is 9.46. The van der Waals surface area contributed by atoms with Crippen LogP contribution in [0, 0.1) is 0 Å². The number of nitrogens with one attached hydrogen (secondary N) is 1. The Morgan fingerprint density at radius 1 is 1.05 bits per heavy atom. The molecule has 1 aliphatic heterocycles. The van der Waals surface area contributed by atoms with Gasteiger partial charge in [0.15, 0.2) is 0 Å². The van der Waals surface area contributed by atoms with Gasteiger partial charge in [0.1, 0.15) is 10.8 Å². The highest BCUT2D eigenvalue weighted by Crippen LogP contribution is 2.44. The Hall–Kier alpha value is -3.16. The molecule has 0 unspecified atom stereocenters. The number of hydrogen-bond acceptors (Lipinski definition) is 4. The lowest BCUT2D eigenvalue weighted by Gasteiger charge is -2.31. The predicted molar refractivity (Wildman–Crippen MR) is 153 cm³/mol. The van der Waals surface area contributed by atoms with E-state index in [1.165, 1.54) is 38.7 Å². The highest BCUT2D eigenvalue weighted by Gasteiger charge is 2.36. The van der Waals surface area contributed by atoms with Crippen LogP contribution in [-0.4, -0.2) is 28.4 Å². The van der Waals surface area contributed by atoms with Crippen LogP contribution < -0.4 is 10.1 Å². The Bertz CT molecular complexity index is 1420. The number of amides is 2. The molecule has 3 heterocycles. The maximum atomic E-state index is 14.2. The highest BCUT2D eigenvalue weighted by molar-refractivity contribution is 7.98. The van der Waals surface area contributed by atoms with Gasteiger partial charge in [-0.05, 0) is 86.4 Å². The zero-order chi connectivity index (χ0) is 25.4. The van der Waals surface area contributed by atoms with Crippen LogP contribution >= 0.6 is 23.1 Å². The van der Waals surface area contributed by atoms with Crippen LogP contribution in [0.4, 0.5) is 10.5 Å². The summed E-state index contributed by atoms with van der Waals surface area (Å²) < 4.78 is 8.14. The number of hydrogen-bond donors (Lipinski definition) is 1. The molecule has 0 bridgehead atoms. The Kier molecular flexibility index (Phi) is 6.74. The van der Waals surface area contributed by atoms with E-state index in [4.69, 9.17) is 4.74 Å². The minimum Gasteiger partial charge on any atom is -0.492 e. The first-order valence-electron chi connectivity index (χ1n) is 12.9. The van der Waals surface area contributed by atoms with Crippen molar-refractivity contribution in [3.63, 3.8) is 0 Å². The first-order chi connectivity index (χ1) is 18.2. The minimum atomic E-state index is -0.219. The standard InChI is InChI=1S/C30H31N3O2S2/c1-3-35-26-12-6-5-10-24(26)31-30(34)33-19-23-22-9-4-7-13-27(22)37-29(23)32-18-8-11-25(32)28(33)20-14-16-21(36-2)17-15-20/h5-6,8,10-12,14-18,28H,3-4,7,9,13,19H2,1-2H3,(H,31,34)/t28-/m0/s1. The van der Waals surface area contributed by atoms with Crippen LogP contribution in [0.2, 0.25) is 0 Å². The van der Waals surface area contributed by atoms with Crippen molar-refractivity contribution in [3.05, 3.63) is 94.1 Å². The maximum Gasteiger partial charge on any atom is 0.323 e. The first kappa shape index (κ1) is 24.2. The van der Waals surface area contributed by atoms with Gasteiger partial charge in [0, 0.05) is 21.5 Å². The number of ether oxygens (including phenoxy) is 1. The van der Waals surface area contributed by atoms with Gasteiger partial charge in [0.2, 0.25) is 0 Å². The van der Waals surface area contributed by atoms with Crippen molar-refractivity contribution in [2.45, 2.75) is 50.1 Å². The molecule has 2 aromatic carbocycles. The third-order valence-corrected chi connectivity index (χ3v) is 9.38.